The van der Waals surface area contributed by atoms with Gasteiger partial charge in [-0.3, -0.25) is 5.43 Å². The van der Waals surface area contributed by atoms with E-state index in [9.17, 15) is 13.2 Å². The summed E-state index contributed by atoms with van der Waals surface area (Å²) in [4.78, 5) is 7.58. The maximum Gasteiger partial charge on any atom is 0.389 e. The highest BCUT2D eigenvalue weighted by atomic mass is 35.5. The Morgan fingerprint density at radius 1 is 1.41 bits per heavy atom. The van der Waals surface area contributed by atoms with Crippen LogP contribution in [0.15, 0.2) is 6.20 Å². The molecule has 0 aromatic carbocycles. The summed E-state index contributed by atoms with van der Waals surface area (Å²) in [6, 6.07) is 0. The number of rotatable bonds is 5. The second-order valence-corrected chi connectivity index (χ2v) is 3.59. The molecule has 1 heterocycles. The van der Waals surface area contributed by atoms with Crippen molar-refractivity contribution >= 4 is 23.4 Å². The number of nitrogens with zero attached hydrogens (tertiary/aromatic N) is 2. The third kappa shape index (κ3) is 5.05. The van der Waals surface area contributed by atoms with Gasteiger partial charge in [0.2, 0.25) is 5.95 Å². The van der Waals surface area contributed by atoms with Crippen molar-refractivity contribution in [1.29, 1.82) is 0 Å². The zero-order chi connectivity index (χ0) is 12.9. The molecule has 0 aliphatic carbocycles. The van der Waals surface area contributed by atoms with E-state index in [-0.39, 0.29) is 29.8 Å². The van der Waals surface area contributed by atoms with Gasteiger partial charge >= 0.3 is 6.18 Å². The number of hydrazine groups is 1. The number of nitrogen functional groups attached to an aromatic ring is 1. The van der Waals surface area contributed by atoms with Crippen molar-refractivity contribution < 1.29 is 13.2 Å². The number of anilines is 2. The van der Waals surface area contributed by atoms with Crippen molar-refractivity contribution in [2.45, 2.75) is 19.0 Å². The molecule has 0 saturated carbocycles. The predicted molar refractivity (Wildman–Crippen MR) is 58.6 cm³/mol. The molecule has 1 aromatic heterocycles. The van der Waals surface area contributed by atoms with Crippen LogP contribution in [0.2, 0.25) is 5.02 Å². The summed E-state index contributed by atoms with van der Waals surface area (Å²) in [5.74, 6) is 5.47. The Bertz CT molecular complexity index is 371. The fraction of sp³-hybridized carbons (Fsp3) is 0.500. The van der Waals surface area contributed by atoms with Gasteiger partial charge in [-0.05, 0) is 6.42 Å². The molecule has 0 aliphatic rings. The summed E-state index contributed by atoms with van der Waals surface area (Å²) >= 11 is 5.74. The normalized spacial score (nSPS) is 11.4. The molecular weight excluding hydrogens is 259 g/mol. The number of nitrogens with two attached hydrogens (primary N) is 1. The summed E-state index contributed by atoms with van der Waals surface area (Å²) in [5, 5.41) is 2.90. The Kier molecular flexibility index (Phi) is 4.76. The average Bonchev–Trinajstić information content (AvgIpc) is 2.25. The van der Waals surface area contributed by atoms with Gasteiger partial charge in [0, 0.05) is 13.0 Å². The number of halogens is 4. The van der Waals surface area contributed by atoms with Crippen LogP contribution in [0, 0.1) is 0 Å². The topological polar surface area (TPSA) is 75.9 Å². The SMILES string of the molecule is NNc1ncc(Cl)c(NCCCC(F)(F)F)n1. The van der Waals surface area contributed by atoms with Crippen LogP contribution in [-0.4, -0.2) is 22.7 Å². The lowest BCUT2D eigenvalue weighted by atomic mass is 10.3. The van der Waals surface area contributed by atoms with E-state index in [1.807, 2.05) is 0 Å². The molecule has 17 heavy (non-hydrogen) atoms. The fourth-order valence-electron chi connectivity index (χ4n) is 1.06. The van der Waals surface area contributed by atoms with Gasteiger partial charge in [-0.25, -0.2) is 10.8 Å². The molecule has 0 atom stereocenters. The van der Waals surface area contributed by atoms with Crippen molar-refractivity contribution in [2.75, 3.05) is 17.3 Å². The molecule has 0 amide bonds. The van der Waals surface area contributed by atoms with E-state index >= 15 is 0 Å². The molecule has 5 nitrogen and oxygen atoms in total. The Balaban J connectivity index is 2.46. The maximum absolute atomic E-state index is 11.9. The Morgan fingerprint density at radius 3 is 2.71 bits per heavy atom. The highest BCUT2D eigenvalue weighted by Gasteiger charge is 2.25. The van der Waals surface area contributed by atoms with Gasteiger partial charge in [0.25, 0.3) is 0 Å². The lowest BCUT2D eigenvalue weighted by Crippen LogP contribution is -2.14. The first-order valence-corrected chi connectivity index (χ1v) is 5.10. The van der Waals surface area contributed by atoms with Crippen LogP contribution in [0.25, 0.3) is 0 Å². The van der Waals surface area contributed by atoms with Crippen molar-refractivity contribution in [3.63, 3.8) is 0 Å². The molecule has 96 valence electrons. The summed E-state index contributed by atoms with van der Waals surface area (Å²) in [6.45, 7) is 0.111. The van der Waals surface area contributed by atoms with Crippen LogP contribution >= 0.6 is 11.6 Å². The first-order chi connectivity index (χ1) is 7.92. The molecule has 0 radical (unpaired) electrons. The highest BCUT2D eigenvalue weighted by Crippen LogP contribution is 2.22. The number of hydrogen-bond donors (Lipinski definition) is 3. The fourth-order valence-corrected chi connectivity index (χ4v) is 1.21. The van der Waals surface area contributed by atoms with Crippen LogP contribution in [0.3, 0.4) is 0 Å². The molecule has 9 heteroatoms. The molecular formula is C8H11ClF3N5. The first-order valence-electron chi connectivity index (χ1n) is 4.72. The zero-order valence-electron chi connectivity index (χ0n) is 8.68. The van der Waals surface area contributed by atoms with E-state index in [2.05, 4.69) is 20.7 Å². The molecule has 0 aliphatic heterocycles. The van der Waals surface area contributed by atoms with E-state index in [1.165, 1.54) is 6.20 Å². The van der Waals surface area contributed by atoms with E-state index < -0.39 is 12.6 Å². The standard InChI is InChI=1S/C8H11ClF3N5/c9-5-4-15-7(17-13)16-6(5)14-3-1-2-8(10,11)12/h4H,1-3,13H2,(H2,14,15,16,17). The highest BCUT2D eigenvalue weighted by molar-refractivity contribution is 6.32. The molecule has 1 aromatic rings. The average molecular weight is 270 g/mol. The third-order valence-corrected chi connectivity index (χ3v) is 2.08. The third-order valence-electron chi connectivity index (χ3n) is 1.80. The van der Waals surface area contributed by atoms with Gasteiger partial charge in [0.05, 0.1) is 6.20 Å². The number of nitrogens with one attached hydrogen (secondary N) is 2. The first kappa shape index (κ1) is 13.8. The minimum Gasteiger partial charge on any atom is -0.369 e. The minimum absolute atomic E-state index is 0.0603. The van der Waals surface area contributed by atoms with Gasteiger partial charge in [-0.1, -0.05) is 11.6 Å². The van der Waals surface area contributed by atoms with Crippen LogP contribution in [0.4, 0.5) is 24.9 Å². The van der Waals surface area contributed by atoms with Crippen molar-refractivity contribution in [1.82, 2.24) is 9.97 Å². The van der Waals surface area contributed by atoms with Crippen molar-refractivity contribution in [3.8, 4) is 0 Å². The van der Waals surface area contributed by atoms with Gasteiger partial charge in [0.15, 0.2) is 5.82 Å². The van der Waals surface area contributed by atoms with Gasteiger partial charge in [0.1, 0.15) is 5.02 Å². The smallest absolute Gasteiger partial charge is 0.369 e. The molecule has 1 rings (SSSR count). The van der Waals surface area contributed by atoms with E-state index in [0.29, 0.717) is 0 Å². The van der Waals surface area contributed by atoms with E-state index in [4.69, 9.17) is 17.4 Å². The zero-order valence-corrected chi connectivity index (χ0v) is 9.44. The maximum atomic E-state index is 11.9. The molecule has 0 fully saturated rings. The monoisotopic (exact) mass is 269 g/mol. The quantitative estimate of drug-likeness (QED) is 0.434. The molecule has 0 bridgehead atoms. The summed E-state index contributed by atoms with van der Waals surface area (Å²) in [5.41, 5.74) is 2.21. The van der Waals surface area contributed by atoms with Gasteiger partial charge in [-0.2, -0.15) is 18.2 Å². The molecule has 4 N–H and O–H groups in total. The van der Waals surface area contributed by atoms with Gasteiger partial charge in [-0.15, -0.1) is 0 Å². The molecule has 0 unspecified atom stereocenters. The van der Waals surface area contributed by atoms with Crippen LogP contribution in [0.1, 0.15) is 12.8 Å². The lowest BCUT2D eigenvalue weighted by Gasteiger charge is -2.09. The number of alkyl halides is 3. The van der Waals surface area contributed by atoms with Crippen LogP contribution in [0.5, 0.6) is 0 Å². The van der Waals surface area contributed by atoms with Crippen molar-refractivity contribution in [3.05, 3.63) is 11.2 Å². The molecule has 0 saturated heterocycles. The van der Waals surface area contributed by atoms with E-state index in [0.717, 1.165) is 0 Å². The van der Waals surface area contributed by atoms with Crippen LogP contribution < -0.4 is 16.6 Å². The minimum atomic E-state index is -4.15. The Labute approximate surface area is 101 Å². The largest absolute Gasteiger partial charge is 0.389 e. The number of aromatic nitrogens is 2. The summed E-state index contributed by atoms with van der Waals surface area (Å²) in [6.07, 6.45) is -3.77. The van der Waals surface area contributed by atoms with Crippen molar-refractivity contribution in [2.24, 2.45) is 5.84 Å². The molecule has 0 spiro atoms. The lowest BCUT2D eigenvalue weighted by molar-refractivity contribution is -0.134. The Morgan fingerprint density at radius 2 is 2.12 bits per heavy atom. The van der Waals surface area contributed by atoms with Crippen LogP contribution in [-0.2, 0) is 0 Å². The second-order valence-electron chi connectivity index (χ2n) is 3.18. The number of hydrogen-bond acceptors (Lipinski definition) is 5. The van der Waals surface area contributed by atoms with E-state index in [1.54, 1.807) is 0 Å². The summed E-state index contributed by atoms with van der Waals surface area (Å²) in [7, 11) is 0. The predicted octanol–water partition coefficient (Wildman–Crippen LogP) is 2.17. The van der Waals surface area contributed by atoms with Gasteiger partial charge < -0.3 is 5.32 Å². The Hall–Kier alpha value is -1.28. The second kappa shape index (κ2) is 5.87. The summed E-state index contributed by atoms with van der Waals surface area (Å²) < 4.78 is 35.6.